The summed E-state index contributed by atoms with van der Waals surface area (Å²) in [5, 5.41) is 10.6. The standard InChI is InChI=1S/C36H46N4O5S/c1-22(2)13-14-27-21-45-31-16-30(32-23(3)9-7-10-24(32)4)37-34(38-31)39-46(43,44)29-12-8-11-25(15-29)33(41)40(27)28-19-36(20-28)17-26(18-36)35(5,6)42/h7-12,15-16,22,26-28,42H,13-14,17-21H2,1-6H3,(H,37,38,39)/t26?,27-,28?,36?/m1/s1. The van der Waals surface area contributed by atoms with Crippen molar-refractivity contribution >= 4 is 21.9 Å². The molecule has 1 atom stereocenters. The van der Waals surface area contributed by atoms with Crippen molar-refractivity contribution < 1.29 is 23.1 Å². The summed E-state index contributed by atoms with van der Waals surface area (Å²) in [6.07, 6.45) is 5.25. The van der Waals surface area contributed by atoms with Crippen LogP contribution in [0.25, 0.3) is 11.3 Å². The first-order valence-corrected chi connectivity index (χ1v) is 17.9. The summed E-state index contributed by atoms with van der Waals surface area (Å²) >= 11 is 0. The second-order valence-electron chi connectivity index (χ2n) is 14.8. The quantitative estimate of drug-likeness (QED) is 0.312. The number of nitrogens with one attached hydrogen (secondary N) is 1. The molecule has 0 unspecified atom stereocenters. The van der Waals surface area contributed by atoms with Crippen LogP contribution < -0.4 is 9.46 Å². The lowest BCUT2D eigenvalue weighted by atomic mass is 9.47. The second kappa shape index (κ2) is 11.9. The largest absolute Gasteiger partial charge is 0.475 e. The number of anilines is 1. The van der Waals surface area contributed by atoms with Gasteiger partial charge in [0.1, 0.15) is 6.61 Å². The second-order valence-corrected chi connectivity index (χ2v) is 16.5. The molecule has 4 bridgehead atoms. The lowest BCUT2D eigenvalue weighted by molar-refractivity contribution is -0.146. The number of nitrogens with zero attached hydrogens (tertiary/aromatic N) is 3. The van der Waals surface area contributed by atoms with E-state index in [0.29, 0.717) is 17.2 Å². The van der Waals surface area contributed by atoms with Crippen molar-refractivity contribution in [3.05, 3.63) is 65.2 Å². The van der Waals surface area contributed by atoms with Gasteiger partial charge in [-0.1, -0.05) is 38.1 Å². The van der Waals surface area contributed by atoms with Crippen LogP contribution in [-0.4, -0.2) is 58.6 Å². The molecule has 2 N–H and O–H groups in total. The SMILES string of the molecule is Cc1cccc(C)c1-c1cc2nc(n1)NS(=O)(=O)c1cccc(c1)C(=O)N(C1CC3(C1)CC(C(C)(C)O)C3)[C@H](CCC(C)C)CO2. The average Bonchev–Trinajstić information content (AvgIpc) is 2.92. The van der Waals surface area contributed by atoms with Crippen LogP contribution in [0.5, 0.6) is 5.88 Å². The van der Waals surface area contributed by atoms with E-state index in [2.05, 4.69) is 28.5 Å². The number of aliphatic hydroxyl groups is 1. The lowest BCUT2D eigenvalue weighted by Gasteiger charge is -2.62. The Labute approximate surface area is 272 Å². The normalized spacial score (nSPS) is 25.8. The highest BCUT2D eigenvalue weighted by molar-refractivity contribution is 7.92. The molecule has 1 aromatic heterocycles. The molecular formula is C36H46N4O5S. The van der Waals surface area contributed by atoms with Gasteiger partial charge in [0.2, 0.25) is 11.8 Å². The topological polar surface area (TPSA) is 122 Å². The van der Waals surface area contributed by atoms with Gasteiger partial charge in [0.15, 0.2) is 0 Å². The molecule has 46 heavy (non-hydrogen) atoms. The molecule has 2 aromatic carbocycles. The van der Waals surface area contributed by atoms with Crippen LogP contribution in [0.1, 0.15) is 87.7 Å². The minimum Gasteiger partial charge on any atom is -0.475 e. The molecule has 3 aromatic rings. The summed E-state index contributed by atoms with van der Waals surface area (Å²) in [7, 11) is -4.12. The molecule has 2 aliphatic carbocycles. The van der Waals surface area contributed by atoms with Gasteiger partial charge in [-0.2, -0.15) is 4.98 Å². The predicted molar refractivity (Wildman–Crippen MR) is 178 cm³/mol. The van der Waals surface area contributed by atoms with Gasteiger partial charge in [-0.25, -0.2) is 18.1 Å². The first-order valence-electron chi connectivity index (χ1n) is 16.4. The molecule has 10 heteroatoms. The Morgan fingerprint density at radius 1 is 1.04 bits per heavy atom. The van der Waals surface area contributed by atoms with Gasteiger partial charge < -0.3 is 14.7 Å². The number of sulfonamides is 1. The van der Waals surface area contributed by atoms with E-state index < -0.39 is 15.6 Å². The Hall–Kier alpha value is -3.50. The Balaban J connectivity index is 1.41. The number of hydrogen-bond acceptors (Lipinski definition) is 7. The van der Waals surface area contributed by atoms with Gasteiger partial charge in [-0.3, -0.25) is 4.79 Å². The van der Waals surface area contributed by atoms with Gasteiger partial charge in [0, 0.05) is 23.2 Å². The highest BCUT2D eigenvalue weighted by atomic mass is 32.2. The molecule has 1 spiro atoms. The monoisotopic (exact) mass is 646 g/mol. The van der Waals surface area contributed by atoms with Gasteiger partial charge in [0.25, 0.3) is 15.9 Å². The van der Waals surface area contributed by atoms with Crippen LogP contribution in [0, 0.1) is 31.1 Å². The van der Waals surface area contributed by atoms with E-state index in [1.165, 1.54) is 12.1 Å². The number of fused-ring (bicyclic) bond motifs is 4. The molecule has 246 valence electrons. The third kappa shape index (κ3) is 6.38. The fourth-order valence-corrected chi connectivity index (χ4v) is 8.60. The van der Waals surface area contributed by atoms with E-state index >= 15 is 0 Å². The van der Waals surface area contributed by atoms with Crippen LogP contribution in [0.15, 0.2) is 53.4 Å². The Bertz CT molecular complexity index is 1710. The van der Waals surface area contributed by atoms with Crippen molar-refractivity contribution in [2.24, 2.45) is 17.3 Å². The van der Waals surface area contributed by atoms with Crippen molar-refractivity contribution in [2.45, 2.75) is 103 Å². The van der Waals surface area contributed by atoms with Crippen molar-refractivity contribution in [2.75, 3.05) is 11.3 Å². The van der Waals surface area contributed by atoms with Crippen molar-refractivity contribution in [1.29, 1.82) is 0 Å². The van der Waals surface area contributed by atoms with Gasteiger partial charge >= 0.3 is 0 Å². The molecule has 2 saturated carbocycles. The number of carbonyl (C=O) groups is 1. The van der Waals surface area contributed by atoms with E-state index in [9.17, 15) is 18.3 Å². The fourth-order valence-electron chi connectivity index (χ4n) is 7.61. The molecular weight excluding hydrogens is 600 g/mol. The summed E-state index contributed by atoms with van der Waals surface area (Å²) in [6.45, 7) is 12.3. The number of carbonyl (C=O) groups excluding carboxylic acids is 1. The number of aryl methyl sites for hydroxylation is 2. The summed E-state index contributed by atoms with van der Waals surface area (Å²) < 4.78 is 36.3. The smallest absolute Gasteiger partial charge is 0.264 e. The average molecular weight is 647 g/mol. The molecule has 3 aliphatic rings. The van der Waals surface area contributed by atoms with E-state index in [1.54, 1.807) is 18.2 Å². The number of rotatable bonds is 6. The van der Waals surface area contributed by atoms with Crippen LogP contribution in [-0.2, 0) is 10.0 Å². The maximum Gasteiger partial charge on any atom is 0.264 e. The maximum absolute atomic E-state index is 14.4. The zero-order valence-corrected chi connectivity index (χ0v) is 28.5. The van der Waals surface area contributed by atoms with E-state index in [4.69, 9.17) is 4.74 Å². The molecule has 2 heterocycles. The Kier molecular flexibility index (Phi) is 8.42. The van der Waals surface area contributed by atoms with Crippen LogP contribution in [0.3, 0.4) is 0 Å². The summed E-state index contributed by atoms with van der Waals surface area (Å²) in [5.74, 6) is 0.643. The summed E-state index contributed by atoms with van der Waals surface area (Å²) in [6, 6.07) is 13.7. The van der Waals surface area contributed by atoms with Crippen LogP contribution in [0.4, 0.5) is 5.95 Å². The predicted octanol–water partition coefficient (Wildman–Crippen LogP) is 6.53. The Morgan fingerprint density at radius 2 is 1.72 bits per heavy atom. The molecule has 0 saturated heterocycles. The number of ether oxygens (including phenoxy) is 1. The molecule has 2 fully saturated rings. The number of amides is 1. The van der Waals surface area contributed by atoms with Crippen molar-refractivity contribution in [3.63, 3.8) is 0 Å². The highest BCUT2D eigenvalue weighted by Gasteiger charge is 2.58. The van der Waals surface area contributed by atoms with E-state index in [0.717, 1.165) is 55.2 Å². The number of aromatic nitrogens is 2. The number of hydrogen-bond donors (Lipinski definition) is 2. The molecule has 1 aliphatic heterocycles. The van der Waals surface area contributed by atoms with E-state index in [1.807, 2.05) is 50.8 Å². The highest BCUT2D eigenvalue weighted by Crippen LogP contribution is 2.62. The van der Waals surface area contributed by atoms with Crippen LogP contribution in [0.2, 0.25) is 0 Å². The summed E-state index contributed by atoms with van der Waals surface area (Å²) in [5.41, 5.74) is 3.19. The van der Waals surface area contributed by atoms with Crippen molar-refractivity contribution in [3.8, 4) is 17.1 Å². The Morgan fingerprint density at radius 3 is 2.37 bits per heavy atom. The molecule has 9 nitrogen and oxygen atoms in total. The minimum absolute atomic E-state index is 0.00864. The zero-order chi connectivity index (χ0) is 33.0. The van der Waals surface area contributed by atoms with Crippen LogP contribution >= 0.6 is 0 Å². The number of benzene rings is 2. The van der Waals surface area contributed by atoms with Gasteiger partial charge in [0.05, 0.1) is 22.2 Å². The minimum atomic E-state index is -4.12. The third-order valence-corrected chi connectivity index (χ3v) is 11.6. The van der Waals surface area contributed by atoms with Gasteiger partial charge in [-0.15, -0.1) is 0 Å². The first kappa shape index (κ1) is 32.4. The molecule has 6 rings (SSSR count). The first-order chi connectivity index (χ1) is 21.6. The van der Waals surface area contributed by atoms with Crippen molar-refractivity contribution in [1.82, 2.24) is 14.9 Å². The third-order valence-electron chi connectivity index (χ3n) is 10.3. The van der Waals surface area contributed by atoms with Gasteiger partial charge in [-0.05, 0) is 113 Å². The summed E-state index contributed by atoms with van der Waals surface area (Å²) in [4.78, 5) is 25.5. The molecule has 0 radical (unpaired) electrons. The lowest BCUT2D eigenvalue weighted by Crippen LogP contribution is -2.62. The maximum atomic E-state index is 14.4. The zero-order valence-electron chi connectivity index (χ0n) is 27.7. The molecule has 1 amide bonds. The fraction of sp³-hybridized carbons (Fsp3) is 0.528. The van der Waals surface area contributed by atoms with E-state index in [-0.39, 0.29) is 52.7 Å².